The fourth-order valence-electron chi connectivity index (χ4n) is 9.13. The van der Waals surface area contributed by atoms with Crippen molar-refractivity contribution in [3.63, 3.8) is 0 Å². The Kier molecular flexibility index (Phi) is 6.83. The highest BCUT2D eigenvalue weighted by atomic mass is 32.1. The molecule has 12 rings (SSSR count). The largest absolute Gasteiger partial charge is 0.455 e. The normalized spacial score (nSPS) is 11.9. The van der Waals surface area contributed by atoms with Crippen LogP contribution in [0.15, 0.2) is 192 Å². The molecule has 0 amide bonds. The van der Waals surface area contributed by atoms with Gasteiger partial charge in [-0.3, -0.25) is 0 Å². The molecule has 0 bridgehead atoms. The first kappa shape index (κ1) is 31.3. The molecule has 11 aromatic rings. The molecule has 0 unspecified atom stereocenters. The maximum Gasteiger partial charge on any atom is 0.146 e. The summed E-state index contributed by atoms with van der Waals surface area (Å²) >= 11 is 1.78. The molecule has 9 aromatic carbocycles. The van der Waals surface area contributed by atoms with Gasteiger partial charge >= 0.3 is 0 Å². The topological polar surface area (TPSA) is 26.0 Å². The van der Waals surface area contributed by atoms with Crippen LogP contribution in [0.1, 0.15) is 0 Å². The Hall–Kier alpha value is -7.07. The summed E-state index contributed by atoms with van der Waals surface area (Å²) in [6.45, 7) is 0. The van der Waals surface area contributed by atoms with Gasteiger partial charge in [-0.25, -0.2) is 4.98 Å². The zero-order chi connectivity index (χ0) is 36.7. The molecule has 0 saturated carbocycles. The second-order valence-electron chi connectivity index (χ2n) is 14.5. The summed E-state index contributed by atoms with van der Waals surface area (Å²) in [5.74, 6) is 0. The molecule has 0 spiro atoms. The van der Waals surface area contributed by atoms with Crippen LogP contribution in [0, 0.1) is 0 Å². The summed E-state index contributed by atoms with van der Waals surface area (Å²) in [5, 5.41) is 5.70. The van der Waals surface area contributed by atoms with Gasteiger partial charge in [0.2, 0.25) is 0 Å². The lowest BCUT2D eigenvalue weighted by molar-refractivity contribution is 0.670. The highest BCUT2D eigenvalue weighted by Crippen LogP contribution is 2.58. The summed E-state index contributed by atoms with van der Waals surface area (Å²) < 4.78 is 8.09. The van der Waals surface area contributed by atoms with Gasteiger partial charge in [0, 0.05) is 33.0 Å². The van der Waals surface area contributed by atoms with E-state index in [9.17, 15) is 0 Å². The lowest BCUT2D eigenvalue weighted by Gasteiger charge is -2.22. The molecule has 0 N–H and O–H groups in total. The number of hydrogen-bond donors (Lipinski definition) is 0. The van der Waals surface area contributed by atoms with Crippen molar-refractivity contribution in [1.82, 2.24) is 4.98 Å². The number of hydrogen-bond acceptors (Lipinski definition) is 3. The van der Waals surface area contributed by atoms with Crippen LogP contribution in [0.2, 0.25) is 0 Å². The summed E-state index contributed by atoms with van der Waals surface area (Å²) in [6.07, 6.45) is 0. The molecule has 0 saturated heterocycles. The van der Waals surface area contributed by atoms with Crippen LogP contribution < -0.4 is 0 Å². The van der Waals surface area contributed by atoms with Crippen molar-refractivity contribution in [1.29, 1.82) is 0 Å². The Balaban J connectivity index is 1.30. The number of furan rings is 1. The van der Waals surface area contributed by atoms with E-state index in [-0.39, 0.29) is 0 Å². The molecule has 1 aliphatic rings. The first-order valence-electron chi connectivity index (χ1n) is 19.0. The predicted octanol–water partition coefficient (Wildman–Crippen LogP) is 15.3. The molecular weight excluding hydrogens is 699 g/mol. The SMILES string of the molecule is c1ccc(-c2c(-c3ccccc3)c(-c3ccccc3)c3sc(-c4c5c(cc6c4oc4ccccc46)-c4cccc6cccc-5c46)nc3c2-c2ccccc2)cc1. The first-order chi connectivity index (χ1) is 27.8. The number of thiazole rings is 1. The molecular formula is C53H31NOS. The molecule has 1 aliphatic carbocycles. The Morgan fingerprint density at radius 2 is 0.929 bits per heavy atom. The molecule has 0 aliphatic heterocycles. The standard InChI is InChI=1S/C53H31NOS/c1-5-17-33(18-6-1)44-45(34-19-7-2-8-20-34)47(36-23-11-4-12-24-36)52-50(46(44)35-21-9-3-10-22-35)54-53(56-52)49-48-39-29-16-26-32-25-15-28-38(43(32)39)40(48)31-41-37-27-13-14-30-42(37)55-51(41)49/h1-31H. The van der Waals surface area contributed by atoms with Crippen LogP contribution >= 0.6 is 11.3 Å². The van der Waals surface area contributed by atoms with Gasteiger partial charge in [0.1, 0.15) is 16.2 Å². The van der Waals surface area contributed by atoms with Crippen LogP contribution in [0.3, 0.4) is 0 Å². The van der Waals surface area contributed by atoms with E-state index in [1.54, 1.807) is 11.3 Å². The van der Waals surface area contributed by atoms with Crippen molar-refractivity contribution < 1.29 is 4.42 Å². The number of nitrogens with zero attached hydrogens (tertiary/aromatic N) is 1. The lowest BCUT2D eigenvalue weighted by atomic mass is 9.82. The lowest BCUT2D eigenvalue weighted by Crippen LogP contribution is -1.96. The molecule has 3 heteroatoms. The molecule has 0 radical (unpaired) electrons. The highest BCUT2D eigenvalue weighted by molar-refractivity contribution is 7.22. The second kappa shape index (κ2) is 12.2. The predicted molar refractivity (Wildman–Crippen MR) is 236 cm³/mol. The van der Waals surface area contributed by atoms with E-state index in [1.807, 2.05) is 0 Å². The van der Waals surface area contributed by atoms with Gasteiger partial charge in [0.25, 0.3) is 0 Å². The average Bonchev–Trinajstić information content (AvgIpc) is 3.96. The summed E-state index contributed by atoms with van der Waals surface area (Å²) in [6, 6.07) is 67.6. The van der Waals surface area contributed by atoms with Crippen molar-refractivity contribution in [2.75, 3.05) is 0 Å². The third kappa shape index (κ3) is 4.52. The number of para-hydroxylation sites is 1. The van der Waals surface area contributed by atoms with E-state index in [0.29, 0.717) is 0 Å². The fraction of sp³-hybridized carbons (Fsp3) is 0. The molecule has 56 heavy (non-hydrogen) atoms. The van der Waals surface area contributed by atoms with E-state index in [4.69, 9.17) is 9.40 Å². The molecule has 260 valence electrons. The van der Waals surface area contributed by atoms with Gasteiger partial charge < -0.3 is 4.42 Å². The number of rotatable bonds is 5. The second-order valence-corrected chi connectivity index (χ2v) is 15.5. The van der Waals surface area contributed by atoms with E-state index in [1.165, 1.54) is 55.3 Å². The van der Waals surface area contributed by atoms with E-state index in [0.717, 1.165) is 65.0 Å². The monoisotopic (exact) mass is 729 g/mol. The summed E-state index contributed by atoms with van der Waals surface area (Å²) in [4.78, 5) is 5.85. The van der Waals surface area contributed by atoms with Gasteiger partial charge in [0.05, 0.1) is 15.8 Å². The van der Waals surface area contributed by atoms with Crippen LogP contribution in [-0.4, -0.2) is 4.98 Å². The maximum absolute atomic E-state index is 6.94. The van der Waals surface area contributed by atoms with E-state index >= 15 is 0 Å². The summed E-state index contributed by atoms with van der Waals surface area (Å²) in [5.41, 5.74) is 18.0. The number of aromatic nitrogens is 1. The van der Waals surface area contributed by atoms with Crippen molar-refractivity contribution in [2.24, 2.45) is 0 Å². The van der Waals surface area contributed by atoms with Crippen molar-refractivity contribution >= 4 is 54.3 Å². The van der Waals surface area contributed by atoms with E-state index < -0.39 is 0 Å². The van der Waals surface area contributed by atoms with Gasteiger partial charge in [-0.2, -0.15) is 0 Å². The van der Waals surface area contributed by atoms with Gasteiger partial charge in [0.15, 0.2) is 0 Å². The fourth-order valence-corrected chi connectivity index (χ4v) is 10.3. The van der Waals surface area contributed by atoms with Crippen LogP contribution in [0.4, 0.5) is 0 Å². The molecule has 2 heterocycles. The van der Waals surface area contributed by atoms with Gasteiger partial charge in [-0.15, -0.1) is 11.3 Å². The van der Waals surface area contributed by atoms with Crippen LogP contribution in [0.25, 0.3) is 120 Å². The zero-order valence-electron chi connectivity index (χ0n) is 30.2. The van der Waals surface area contributed by atoms with Crippen LogP contribution in [-0.2, 0) is 0 Å². The first-order valence-corrected chi connectivity index (χ1v) is 19.9. The molecule has 0 atom stereocenters. The molecule has 2 nitrogen and oxygen atoms in total. The third-order valence-corrected chi connectivity index (χ3v) is 12.5. The van der Waals surface area contributed by atoms with Crippen molar-refractivity contribution in [2.45, 2.75) is 0 Å². The van der Waals surface area contributed by atoms with Gasteiger partial charge in [-0.05, 0) is 67.4 Å². The Morgan fingerprint density at radius 3 is 1.57 bits per heavy atom. The quantitative estimate of drug-likeness (QED) is 0.176. The highest BCUT2D eigenvalue weighted by Gasteiger charge is 2.32. The minimum atomic E-state index is 0.878. The van der Waals surface area contributed by atoms with E-state index in [2.05, 4.69) is 188 Å². The molecule has 0 fully saturated rings. The van der Waals surface area contributed by atoms with Gasteiger partial charge in [-0.1, -0.05) is 176 Å². The molecule has 2 aromatic heterocycles. The summed E-state index contributed by atoms with van der Waals surface area (Å²) in [7, 11) is 0. The van der Waals surface area contributed by atoms with Crippen molar-refractivity contribution in [3.05, 3.63) is 188 Å². The van der Waals surface area contributed by atoms with Crippen molar-refractivity contribution in [3.8, 4) is 77.3 Å². The minimum absolute atomic E-state index is 0.878. The average molecular weight is 730 g/mol. The Morgan fingerprint density at radius 1 is 0.393 bits per heavy atom. The van der Waals surface area contributed by atoms with Crippen LogP contribution in [0.5, 0.6) is 0 Å². The zero-order valence-corrected chi connectivity index (χ0v) is 31.0. The maximum atomic E-state index is 6.94. The smallest absolute Gasteiger partial charge is 0.146 e. The number of benzene rings is 9. The third-order valence-electron chi connectivity index (χ3n) is 11.4. The Bertz CT molecular complexity index is 3200. The number of fused-ring (bicyclic) bond motifs is 7. The Labute approximate surface area is 327 Å². The minimum Gasteiger partial charge on any atom is -0.455 e.